The maximum Gasteiger partial charge on any atom is 1.00 e. The van der Waals surface area contributed by atoms with Gasteiger partial charge in [-0.05, 0) is 18.2 Å². The fourth-order valence-electron chi connectivity index (χ4n) is 1.45. The molecule has 0 amide bonds. The number of rotatable bonds is 5. The van der Waals surface area contributed by atoms with Crippen LogP contribution >= 0.6 is 19.3 Å². The largest absolute Gasteiger partial charge is 1.00 e. The Hall–Kier alpha value is 1.50. The summed E-state index contributed by atoms with van der Waals surface area (Å²) in [5.41, 5.74) is 2.53. The van der Waals surface area contributed by atoms with Crippen molar-refractivity contribution in [3.63, 3.8) is 0 Å². The van der Waals surface area contributed by atoms with Crippen LogP contribution in [0.2, 0.25) is 0 Å². The molecule has 2 aromatic rings. The Bertz CT molecular complexity index is 595. The van der Waals surface area contributed by atoms with Gasteiger partial charge in [0.1, 0.15) is 18.6 Å². The van der Waals surface area contributed by atoms with Crippen molar-refractivity contribution in [2.75, 3.05) is 6.54 Å². The molecular weight excluding hydrogens is 339 g/mol. The van der Waals surface area contributed by atoms with Gasteiger partial charge in [0.05, 0.1) is 11.7 Å². The molecule has 0 aliphatic rings. The van der Waals surface area contributed by atoms with Gasteiger partial charge in [-0.15, -0.1) is 0 Å². The quantitative estimate of drug-likeness (QED) is 0.315. The van der Waals surface area contributed by atoms with Crippen molar-refractivity contribution < 1.29 is 73.5 Å². The average molecular weight is 349 g/mol. The van der Waals surface area contributed by atoms with Gasteiger partial charge in [-0.3, -0.25) is 0 Å². The van der Waals surface area contributed by atoms with E-state index in [-0.39, 0.29) is 65.7 Å². The van der Waals surface area contributed by atoms with Crippen LogP contribution in [-0.2, 0) is 23.7 Å². The summed E-state index contributed by atoms with van der Waals surface area (Å²) in [5, 5.41) is 2.89. The smallest absolute Gasteiger partial charge is 0.780 e. The van der Waals surface area contributed by atoms with Gasteiger partial charge in [-0.25, -0.2) is 0 Å². The molecule has 0 saturated heterocycles. The van der Waals surface area contributed by atoms with Crippen molar-refractivity contribution in [3.8, 4) is 0 Å². The zero-order valence-corrected chi connectivity index (χ0v) is 17.7. The predicted octanol–water partition coefficient (Wildman–Crippen LogP) is -5.79. The van der Waals surface area contributed by atoms with Crippen molar-refractivity contribution in [1.29, 1.82) is 0 Å². The molecule has 2 atom stereocenters. The Morgan fingerprint density at radius 3 is 2.80 bits per heavy atom. The van der Waals surface area contributed by atoms with Gasteiger partial charge in [0, 0.05) is 6.54 Å². The van der Waals surface area contributed by atoms with E-state index in [9.17, 15) is 9.46 Å². The molecule has 20 heavy (non-hydrogen) atoms. The van der Waals surface area contributed by atoms with Gasteiger partial charge >= 0.3 is 59.1 Å². The molecule has 0 aliphatic carbocycles. The first-order valence-electron chi connectivity index (χ1n) is 5.08. The molecule has 1 heterocycles. The monoisotopic (exact) mass is 349 g/mol. The van der Waals surface area contributed by atoms with E-state index in [0.29, 0.717) is 6.54 Å². The van der Waals surface area contributed by atoms with Crippen LogP contribution in [0, 0.1) is 0 Å². The number of aromatic nitrogens is 2. The summed E-state index contributed by atoms with van der Waals surface area (Å²) in [6.45, 7) is 0.441. The Balaban J connectivity index is 0.00000180. The molecule has 0 bridgehead atoms. The Labute approximate surface area is 170 Å². The van der Waals surface area contributed by atoms with E-state index in [1.807, 2.05) is 18.2 Å². The summed E-state index contributed by atoms with van der Waals surface area (Å²) in [7, 11) is -4.44. The summed E-state index contributed by atoms with van der Waals surface area (Å²) in [6.07, 6.45) is 0. The molecule has 0 saturated carbocycles. The minimum atomic E-state index is -4.44. The zero-order chi connectivity index (χ0) is 13.2. The van der Waals surface area contributed by atoms with E-state index in [4.69, 9.17) is 4.89 Å². The fourth-order valence-corrected chi connectivity index (χ4v) is 2.50. The van der Waals surface area contributed by atoms with Crippen molar-refractivity contribution in [2.45, 2.75) is 11.5 Å². The third kappa shape index (κ3) is 5.95. The zero-order valence-electron chi connectivity index (χ0n) is 11.1. The van der Waals surface area contributed by atoms with Crippen LogP contribution in [0.25, 0.3) is 11.0 Å². The van der Waals surface area contributed by atoms with Gasteiger partial charge in [0.15, 0.2) is 0 Å². The third-order valence-corrected chi connectivity index (χ3v) is 4.79. The van der Waals surface area contributed by atoms with Gasteiger partial charge in [-0.1, -0.05) is 17.1 Å². The van der Waals surface area contributed by atoms with Crippen LogP contribution in [0.4, 0.5) is 0 Å². The number of nitrogens with zero attached hydrogens (tertiary/aromatic N) is 2. The minimum absolute atomic E-state index is 0. The van der Waals surface area contributed by atoms with Crippen LogP contribution < -0.4 is 69.3 Å². The fraction of sp³-hybridized carbons (Fsp3) is 0.333. The van der Waals surface area contributed by atoms with Crippen LogP contribution in [0.5, 0.6) is 0 Å². The van der Waals surface area contributed by atoms with E-state index in [0.717, 1.165) is 28.3 Å². The molecule has 0 fully saturated rings. The summed E-state index contributed by atoms with van der Waals surface area (Å²) >= 11 is 5.78. The molecular formula is C9H10N3Na2O3PS2. The standard InChI is InChI=1S/C9H12N3O3PS2.2Na/c13-16(14,15)8(17)5-10-4-6-2-1-3-7-9(6)12-18-11-7;;/h1-3,8,10,17H,4-5H2,(H2,13,14,15);;/q;2*+1/p-2. The van der Waals surface area contributed by atoms with E-state index < -0.39 is 12.6 Å². The Morgan fingerprint density at radius 1 is 1.45 bits per heavy atom. The number of fused-ring (bicyclic) bond motifs is 1. The second-order valence-corrected chi connectivity index (χ2v) is 6.90. The normalized spacial score (nSPS) is 14.9. The van der Waals surface area contributed by atoms with Gasteiger partial charge in [0.2, 0.25) is 0 Å². The van der Waals surface area contributed by atoms with Crippen LogP contribution in [0.1, 0.15) is 5.56 Å². The topological polar surface area (TPSA) is 98.2 Å². The Morgan fingerprint density at radius 2 is 2.15 bits per heavy atom. The molecule has 11 heteroatoms. The van der Waals surface area contributed by atoms with Crippen molar-refractivity contribution in [1.82, 2.24) is 14.1 Å². The third-order valence-electron chi connectivity index (χ3n) is 2.37. The molecule has 0 aliphatic heterocycles. The maximum absolute atomic E-state index is 10.8. The Kier molecular flexibility index (Phi) is 10.3. The number of hydrogen-bond acceptors (Lipinski definition) is 7. The van der Waals surface area contributed by atoms with Gasteiger partial charge in [0.25, 0.3) is 0 Å². The number of hydrogen-bond donors (Lipinski definition) is 2. The molecule has 1 aromatic heterocycles. The summed E-state index contributed by atoms with van der Waals surface area (Å²) in [4.78, 5) is 18.3. The molecule has 0 spiro atoms. The first-order chi connectivity index (χ1) is 8.48. The van der Waals surface area contributed by atoms with E-state index >= 15 is 0 Å². The molecule has 0 radical (unpaired) electrons. The number of benzene rings is 1. The van der Waals surface area contributed by atoms with E-state index in [2.05, 4.69) is 26.7 Å². The molecule has 6 nitrogen and oxygen atoms in total. The van der Waals surface area contributed by atoms with Gasteiger partial charge in [-0.2, -0.15) is 8.75 Å². The second-order valence-electron chi connectivity index (χ2n) is 3.70. The first-order valence-corrected chi connectivity index (χ1v) is 7.93. The van der Waals surface area contributed by atoms with Crippen molar-refractivity contribution in [2.24, 2.45) is 0 Å². The number of nitrogens with one attached hydrogen (secondary N) is 1. The van der Waals surface area contributed by atoms with Gasteiger partial charge < -0.3 is 32.3 Å². The summed E-state index contributed by atoms with van der Waals surface area (Å²) < 4.78 is 19.0. The van der Waals surface area contributed by atoms with Crippen LogP contribution in [0.3, 0.4) is 0 Å². The molecule has 2 unspecified atom stereocenters. The second kappa shape index (κ2) is 9.60. The molecule has 2 rings (SSSR count). The molecule has 98 valence electrons. The summed E-state index contributed by atoms with van der Waals surface area (Å²) in [5.74, 6) is 0. The molecule has 2 N–H and O–H groups in total. The van der Waals surface area contributed by atoms with Crippen molar-refractivity contribution >= 4 is 43.0 Å². The average Bonchev–Trinajstić information content (AvgIpc) is 2.76. The predicted molar refractivity (Wildman–Crippen MR) is 70.1 cm³/mol. The van der Waals surface area contributed by atoms with Crippen molar-refractivity contribution in [3.05, 3.63) is 23.8 Å². The SMILES string of the molecule is O=P([O-])(O)C([S-])CNCc1cccc2nsnc12.[Na+].[Na+]. The maximum atomic E-state index is 10.8. The minimum Gasteiger partial charge on any atom is -0.780 e. The summed E-state index contributed by atoms with van der Waals surface area (Å²) in [6, 6.07) is 5.60. The molecule has 1 aromatic carbocycles. The van der Waals surface area contributed by atoms with Crippen LogP contribution in [0.15, 0.2) is 18.2 Å². The van der Waals surface area contributed by atoms with E-state index in [1.165, 1.54) is 0 Å². The first kappa shape index (κ1) is 21.5. The van der Waals surface area contributed by atoms with Crippen LogP contribution in [-0.4, -0.2) is 25.2 Å². The van der Waals surface area contributed by atoms with E-state index in [1.54, 1.807) is 0 Å².